The van der Waals surface area contributed by atoms with Crippen LogP contribution in [0.1, 0.15) is 13.8 Å². The van der Waals surface area contributed by atoms with Gasteiger partial charge in [-0.15, -0.1) is 0 Å². The minimum atomic E-state index is -0.0673. The van der Waals surface area contributed by atoms with E-state index in [9.17, 15) is 4.79 Å². The summed E-state index contributed by atoms with van der Waals surface area (Å²) in [4.78, 5) is 13.3. The molecule has 0 bridgehead atoms. The van der Waals surface area contributed by atoms with E-state index in [2.05, 4.69) is 11.9 Å². The molecular formula is C11H20N2O. The number of nitrogens with zero attached hydrogens (tertiary/aromatic N) is 1. The first-order chi connectivity index (χ1) is 6.43. The predicted molar refractivity (Wildman–Crippen MR) is 60.1 cm³/mol. The molecule has 0 aromatic carbocycles. The van der Waals surface area contributed by atoms with Crippen molar-refractivity contribution in [2.75, 3.05) is 20.6 Å². The largest absolute Gasteiger partial charge is 0.346 e. The Hall–Kier alpha value is -1.09. The van der Waals surface area contributed by atoms with Gasteiger partial charge in [0, 0.05) is 18.7 Å². The normalized spacial score (nSPS) is 13.2. The van der Waals surface area contributed by atoms with Crippen LogP contribution in [0.2, 0.25) is 0 Å². The summed E-state index contributed by atoms with van der Waals surface area (Å²) < 4.78 is 0. The Morgan fingerprint density at radius 1 is 1.57 bits per heavy atom. The molecule has 14 heavy (non-hydrogen) atoms. The molecule has 0 aromatic rings. The molecule has 0 spiro atoms. The molecule has 80 valence electrons. The van der Waals surface area contributed by atoms with E-state index in [1.54, 1.807) is 6.08 Å². The summed E-state index contributed by atoms with van der Waals surface area (Å²) in [5.41, 5.74) is 0.958. The molecular weight excluding hydrogens is 176 g/mol. The fourth-order valence-electron chi connectivity index (χ4n) is 0.755. The average molecular weight is 196 g/mol. The maximum Gasteiger partial charge on any atom is 0.244 e. The lowest BCUT2D eigenvalue weighted by molar-refractivity contribution is -0.116. The van der Waals surface area contributed by atoms with E-state index >= 15 is 0 Å². The van der Waals surface area contributed by atoms with Crippen LogP contribution in [0.3, 0.4) is 0 Å². The Balaban J connectivity index is 3.86. The number of rotatable bonds is 5. The van der Waals surface area contributed by atoms with Crippen LogP contribution in [-0.4, -0.2) is 37.5 Å². The van der Waals surface area contributed by atoms with Gasteiger partial charge in [-0.2, -0.15) is 0 Å². The van der Waals surface area contributed by atoms with Gasteiger partial charge in [0.2, 0.25) is 5.91 Å². The molecule has 0 aliphatic carbocycles. The van der Waals surface area contributed by atoms with Crippen LogP contribution in [0, 0.1) is 0 Å². The topological polar surface area (TPSA) is 32.3 Å². The summed E-state index contributed by atoms with van der Waals surface area (Å²) in [5.74, 6) is -0.0673. The van der Waals surface area contributed by atoms with E-state index in [-0.39, 0.29) is 11.9 Å². The van der Waals surface area contributed by atoms with Crippen LogP contribution in [0.25, 0.3) is 0 Å². The Bertz CT molecular complexity index is 231. The summed E-state index contributed by atoms with van der Waals surface area (Å²) in [7, 11) is 3.91. The molecule has 3 heteroatoms. The first-order valence-electron chi connectivity index (χ1n) is 4.70. The van der Waals surface area contributed by atoms with Crippen LogP contribution in [0.15, 0.2) is 24.3 Å². The lowest BCUT2D eigenvalue weighted by Crippen LogP contribution is -2.31. The van der Waals surface area contributed by atoms with E-state index in [0.29, 0.717) is 0 Å². The summed E-state index contributed by atoms with van der Waals surface area (Å²) in [6.45, 7) is 8.36. The molecule has 0 aliphatic rings. The zero-order valence-corrected chi connectivity index (χ0v) is 9.50. The van der Waals surface area contributed by atoms with Gasteiger partial charge in [0.1, 0.15) is 0 Å². The van der Waals surface area contributed by atoms with Gasteiger partial charge in [0.15, 0.2) is 0 Å². The van der Waals surface area contributed by atoms with E-state index in [1.807, 2.05) is 38.9 Å². The monoisotopic (exact) mass is 196 g/mol. The van der Waals surface area contributed by atoms with Crippen LogP contribution < -0.4 is 5.32 Å². The van der Waals surface area contributed by atoms with Crippen molar-refractivity contribution >= 4 is 5.91 Å². The summed E-state index contributed by atoms with van der Waals surface area (Å²) >= 11 is 0. The minimum Gasteiger partial charge on any atom is -0.346 e. The summed E-state index contributed by atoms with van der Waals surface area (Å²) in [5, 5.41) is 2.81. The number of nitrogens with one attached hydrogen (secondary N) is 1. The number of carbonyl (C=O) groups excluding carboxylic acids is 1. The molecule has 1 amide bonds. The number of likely N-dealkylation sites (N-methyl/N-ethyl adjacent to an activating group) is 1. The Morgan fingerprint density at radius 2 is 2.14 bits per heavy atom. The van der Waals surface area contributed by atoms with Gasteiger partial charge in [-0.05, 0) is 27.9 Å². The summed E-state index contributed by atoms with van der Waals surface area (Å²) in [6.07, 6.45) is 3.39. The van der Waals surface area contributed by atoms with E-state index in [0.717, 1.165) is 12.1 Å². The molecule has 1 N–H and O–H groups in total. The van der Waals surface area contributed by atoms with Crippen molar-refractivity contribution in [2.24, 2.45) is 0 Å². The van der Waals surface area contributed by atoms with Crippen molar-refractivity contribution < 1.29 is 4.79 Å². The van der Waals surface area contributed by atoms with Crippen molar-refractivity contribution in [2.45, 2.75) is 19.9 Å². The number of amides is 1. The fraction of sp³-hybridized carbons (Fsp3) is 0.545. The highest BCUT2D eigenvalue weighted by atomic mass is 16.1. The van der Waals surface area contributed by atoms with Crippen LogP contribution >= 0.6 is 0 Å². The molecule has 0 saturated heterocycles. The standard InChI is InChI=1S/C11H20N2O/c1-9(2)10(3)12-11(14)7-6-8-13(4)5/h6-7,10H,1,8H2,2-5H3,(H,12,14)/b7-6+. The minimum absolute atomic E-state index is 0.0338. The van der Waals surface area contributed by atoms with E-state index < -0.39 is 0 Å². The Morgan fingerprint density at radius 3 is 2.57 bits per heavy atom. The summed E-state index contributed by atoms with van der Waals surface area (Å²) in [6, 6.07) is 0.0338. The third-order valence-corrected chi connectivity index (χ3v) is 1.84. The van der Waals surface area contributed by atoms with Crippen molar-refractivity contribution in [3.8, 4) is 0 Å². The first kappa shape index (κ1) is 12.9. The van der Waals surface area contributed by atoms with Crippen LogP contribution in [0.5, 0.6) is 0 Å². The van der Waals surface area contributed by atoms with Crippen LogP contribution in [-0.2, 0) is 4.79 Å². The first-order valence-corrected chi connectivity index (χ1v) is 4.70. The Kier molecular flexibility index (Phi) is 5.88. The molecule has 0 rings (SSSR count). The predicted octanol–water partition coefficient (Wildman–Crippen LogP) is 1.18. The third kappa shape index (κ3) is 6.43. The maximum absolute atomic E-state index is 11.3. The molecule has 0 radical (unpaired) electrons. The molecule has 0 heterocycles. The van der Waals surface area contributed by atoms with Gasteiger partial charge >= 0.3 is 0 Å². The van der Waals surface area contributed by atoms with Crippen molar-refractivity contribution in [3.63, 3.8) is 0 Å². The lowest BCUT2D eigenvalue weighted by atomic mass is 10.2. The molecule has 0 aromatic heterocycles. The highest BCUT2D eigenvalue weighted by molar-refractivity contribution is 5.87. The zero-order chi connectivity index (χ0) is 11.1. The second-order valence-electron chi connectivity index (χ2n) is 3.74. The van der Waals surface area contributed by atoms with Gasteiger partial charge in [0.05, 0.1) is 0 Å². The number of hydrogen-bond donors (Lipinski definition) is 1. The highest BCUT2D eigenvalue weighted by Crippen LogP contribution is 1.95. The maximum atomic E-state index is 11.3. The number of carbonyl (C=O) groups is 1. The molecule has 0 fully saturated rings. The molecule has 1 unspecified atom stereocenters. The zero-order valence-electron chi connectivity index (χ0n) is 9.50. The van der Waals surface area contributed by atoms with E-state index in [4.69, 9.17) is 0 Å². The molecule has 1 atom stereocenters. The average Bonchev–Trinajstić information content (AvgIpc) is 2.02. The number of hydrogen-bond acceptors (Lipinski definition) is 2. The Labute approximate surface area is 86.5 Å². The van der Waals surface area contributed by atoms with Gasteiger partial charge in [-0.1, -0.05) is 18.2 Å². The molecule has 0 saturated carbocycles. The van der Waals surface area contributed by atoms with Crippen molar-refractivity contribution in [3.05, 3.63) is 24.3 Å². The van der Waals surface area contributed by atoms with Crippen molar-refractivity contribution in [1.82, 2.24) is 10.2 Å². The van der Waals surface area contributed by atoms with E-state index in [1.165, 1.54) is 0 Å². The quantitative estimate of drug-likeness (QED) is 0.529. The molecule has 0 aliphatic heterocycles. The van der Waals surface area contributed by atoms with Crippen molar-refractivity contribution in [1.29, 1.82) is 0 Å². The SMILES string of the molecule is C=C(C)C(C)NC(=O)/C=C/CN(C)C. The smallest absolute Gasteiger partial charge is 0.244 e. The highest BCUT2D eigenvalue weighted by Gasteiger charge is 2.03. The van der Waals surface area contributed by atoms with Gasteiger partial charge in [-0.3, -0.25) is 4.79 Å². The second-order valence-corrected chi connectivity index (χ2v) is 3.74. The fourth-order valence-corrected chi connectivity index (χ4v) is 0.755. The lowest BCUT2D eigenvalue weighted by Gasteiger charge is -2.11. The van der Waals surface area contributed by atoms with Gasteiger partial charge < -0.3 is 10.2 Å². The second kappa shape index (κ2) is 6.38. The molecule has 3 nitrogen and oxygen atoms in total. The van der Waals surface area contributed by atoms with Gasteiger partial charge in [-0.25, -0.2) is 0 Å². The van der Waals surface area contributed by atoms with Gasteiger partial charge in [0.25, 0.3) is 0 Å². The third-order valence-electron chi connectivity index (χ3n) is 1.84. The van der Waals surface area contributed by atoms with Crippen LogP contribution in [0.4, 0.5) is 0 Å².